The Labute approximate surface area is 266 Å². The number of benzene rings is 1. The van der Waals surface area contributed by atoms with Crippen molar-refractivity contribution in [3.63, 3.8) is 0 Å². The lowest BCUT2D eigenvalue weighted by Crippen LogP contribution is -2.76. The molecule has 250 valence electrons. The summed E-state index contributed by atoms with van der Waals surface area (Å²) in [4.78, 5) is 58.9. The van der Waals surface area contributed by atoms with Gasteiger partial charge in [0.15, 0.2) is 10.8 Å². The van der Waals surface area contributed by atoms with Gasteiger partial charge in [-0.3, -0.25) is 14.1 Å². The second-order valence-corrected chi connectivity index (χ2v) is 12.5. The van der Waals surface area contributed by atoms with Gasteiger partial charge in [0.25, 0.3) is 17.9 Å². The number of nitrogens with one attached hydrogen (secondary N) is 4. The molecule has 2 aliphatic rings. The molecule has 2 aliphatic heterocycles. The fourth-order valence-corrected chi connectivity index (χ4v) is 5.42. The Balaban J connectivity index is 1.38. The number of carbonyl (C=O) groups excluding carboxylic acids is 3. The molecular weight excluding hydrogens is 652 g/mol. The zero-order valence-corrected chi connectivity index (χ0v) is 26.1. The summed E-state index contributed by atoms with van der Waals surface area (Å²) in [6.45, 7) is 3.75. The number of carbonyl (C=O) groups is 4. The van der Waals surface area contributed by atoms with Gasteiger partial charge in [-0.1, -0.05) is 5.16 Å². The maximum absolute atomic E-state index is 13.2. The van der Waals surface area contributed by atoms with Gasteiger partial charge in [-0.15, -0.1) is 15.6 Å². The SMILES string of the molecule is CC1(C)[C@H](NC(=O)/C(=N\O[C@@H](COc2ccc(NC(=O)N[C@@H]3CCCNC3)cc2)C(=O)O)c2csc(N)n2)C(=O)N1OS(=O)(=O)O. The molecule has 1 aromatic heterocycles. The van der Waals surface area contributed by atoms with Gasteiger partial charge in [0, 0.05) is 23.7 Å². The van der Waals surface area contributed by atoms with Crippen molar-refractivity contribution < 1.29 is 51.1 Å². The largest absolute Gasteiger partial charge is 0.489 e. The Morgan fingerprint density at radius 3 is 2.54 bits per heavy atom. The normalized spacial score (nSPS) is 20.2. The predicted octanol–water partition coefficient (Wildman–Crippen LogP) is -0.308. The number of hydrogen-bond acceptors (Lipinski definition) is 14. The number of nitrogen functional groups attached to an aromatic ring is 1. The van der Waals surface area contributed by atoms with E-state index in [1.807, 2.05) is 0 Å². The number of nitrogens with zero attached hydrogens (tertiary/aromatic N) is 3. The predicted molar refractivity (Wildman–Crippen MR) is 161 cm³/mol. The second-order valence-electron chi connectivity index (χ2n) is 10.6. The minimum Gasteiger partial charge on any atom is -0.489 e. The van der Waals surface area contributed by atoms with Crippen LogP contribution in [0.1, 0.15) is 32.4 Å². The Bertz CT molecular complexity index is 1590. The van der Waals surface area contributed by atoms with E-state index in [9.17, 15) is 32.7 Å². The van der Waals surface area contributed by atoms with Crippen LogP contribution in [0.3, 0.4) is 0 Å². The highest BCUT2D eigenvalue weighted by molar-refractivity contribution is 7.80. The lowest BCUT2D eigenvalue weighted by Gasteiger charge is -2.50. The number of β-lactam (4-membered cyclic amide) rings is 1. The molecule has 2 fully saturated rings. The number of carboxylic acids is 1. The molecule has 4 rings (SSSR count). The molecule has 4 amide bonds. The number of anilines is 2. The van der Waals surface area contributed by atoms with Crippen LogP contribution in [0.4, 0.5) is 15.6 Å². The quantitative estimate of drug-likeness (QED) is 0.0617. The highest BCUT2D eigenvalue weighted by Gasteiger charge is 2.58. The number of hydrogen-bond donors (Lipinski definition) is 7. The molecule has 2 saturated heterocycles. The molecule has 19 nitrogen and oxygen atoms in total. The van der Waals surface area contributed by atoms with Crippen molar-refractivity contribution in [2.75, 3.05) is 30.7 Å². The van der Waals surface area contributed by atoms with Gasteiger partial charge in [-0.25, -0.2) is 14.6 Å². The number of oxime groups is 1. The highest BCUT2D eigenvalue weighted by Crippen LogP contribution is 2.33. The third-order valence-electron chi connectivity index (χ3n) is 6.79. The van der Waals surface area contributed by atoms with Crippen molar-refractivity contribution in [1.29, 1.82) is 0 Å². The second kappa shape index (κ2) is 14.2. The van der Waals surface area contributed by atoms with Crippen molar-refractivity contribution in [3.05, 3.63) is 35.3 Å². The van der Waals surface area contributed by atoms with Crippen LogP contribution in [0.15, 0.2) is 34.8 Å². The standard InChI is InChI=1S/C25H32N8O11S2/c1-25(2)19(21(35)33(25)44-46(39,40)41)31-20(34)18(16-12-45-23(26)30-16)32-43-17(22(36)37)11-42-15-7-5-13(6-8-15)28-24(38)29-14-4-3-9-27-10-14/h5-8,12,14,17,19,27H,3-4,9-11H2,1-2H3,(H2,26,30)(H,31,34)(H,36,37)(H2,28,29,38)(H,39,40,41)/b32-18-/t14-,17+,19-/m1/s1. The van der Waals surface area contributed by atoms with Gasteiger partial charge < -0.3 is 41.7 Å². The topological polar surface area (TPSA) is 273 Å². The number of urea groups is 1. The monoisotopic (exact) mass is 684 g/mol. The number of ether oxygens (including phenoxy) is 1. The van der Waals surface area contributed by atoms with E-state index in [-0.39, 0.29) is 28.6 Å². The van der Waals surface area contributed by atoms with Gasteiger partial charge in [0.1, 0.15) is 24.1 Å². The minimum absolute atomic E-state index is 0.0250. The van der Waals surface area contributed by atoms with Crippen LogP contribution >= 0.6 is 11.3 Å². The first-order chi connectivity index (χ1) is 21.6. The van der Waals surface area contributed by atoms with E-state index in [0.29, 0.717) is 17.3 Å². The first-order valence-electron chi connectivity index (χ1n) is 13.6. The molecule has 8 N–H and O–H groups in total. The van der Waals surface area contributed by atoms with E-state index in [2.05, 4.69) is 35.7 Å². The summed E-state index contributed by atoms with van der Waals surface area (Å²) >= 11 is 0.944. The Morgan fingerprint density at radius 1 is 1.26 bits per heavy atom. The Hall–Kier alpha value is -4.57. The summed E-state index contributed by atoms with van der Waals surface area (Å²) in [6, 6.07) is 4.45. The van der Waals surface area contributed by atoms with Gasteiger partial charge in [-0.05, 0) is 57.5 Å². The summed E-state index contributed by atoms with van der Waals surface area (Å²) in [7, 11) is -5.02. The van der Waals surface area contributed by atoms with Crippen molar-refractivity contribution >= 4 is 62.1 Å². The van der Waals surface area contributed by atoms with Crippen molar-refractivity contribution in [1.82, 2.24) is 26.0 Å². The Kier molecular flexibility index (Phi) is 10.6. The van der Waals surface area contributed by atoms with Crippen LogP contribution in [0.5, 0.6) is 5.75 Å². The molecule has 0 unspecified atom stereocenters. The average molecular weight is 685 g/mol. The molecule has 0 spiro atoms. The van der Waals surface area contributed by atoms with Crippen LogP contribution < -0.4 is 31.7 Å². The van der Waals surface area contributed by atoms with Crippen molar-refractivity contribution in [3.8, 4) is 5.75 Å². The molecule has 3 heterocycles. The highest BCUT2D eigenvalue weighted by atomic mass is 32.3. The molecule has 2 aromatic rings. The minimum atomic E-state index is -5.02. The van der Waals surface area contributed by atoms with Crippen LogP contribution in [0, 0.1) is 0 Å². The first-order valence-corrected chi connectivity index (χ1v) is 15.9. The number of nitrogens with two attached hydrogens (primary N) is 1. The maximum Gasteiger partial charge on any atom is 0.418 e. The fraction of sp³-hybridized carbons (Fsp3) is 0.440. The molecule has 0 radical (unpaired) electrons. The van der Waals surface area contributed by atoms with E-state index in [1.54, 1.807) is 12.1 Å². The third-order valence-corrected chi connectivity index (χ3v) is 7.80. The summed E-state index contributed by atoms with van der Waals surface area (Å²) in [6.07, 6.45) is 0.126. The van der Waals surface area contributed by atoms with Crippen LogP contribution in [-0.2, 0) is 33.9 Å². The van der Waals surface area contributed by atoms with Crippen LogP contribution in [-0.4, -0.2) is 101 Å². The van der Waals surface area contributed by atoms with E-state index < -0.39 is 58.2 Å². The van der Waals surface area contributed by atoms with E-state index >= 15 is 0 Å². The summed E-state index contributed by atoms with van der Waals surface area (Å²) in [5, 5.41) is 26.2. The number of aromatic nitrogens is 1. The molecule has 3 atom stereocenters. The molecule has 0 bridgehead atoms. The van der Waals surface area contributed by atoms with E-state index in [4.69, 9.17) is 19.9 Å². The van der Waals surface area contributed by atoms with E-state index in [1.165, 1.54) is 31.4 Å². The number of hydroxylamine groups is 2. The number of thiazole rings is 1. The zero-order valence-electron chi connectivity index (χ0n) is 24.5. The van der Waals surface area contributed by atoms with E-state index in [0.717, 1.165) is 30.7 Å². The van der Waals surface area contributed by atoms with Gasteiger partial charge in [0.2, 0.25) is 0 Å². The third kappa shape index (κ3) is 8.78. The van der Waals surface area contributed by atoms with Gasteiger partial charge >= 0.3 is 22.4 Å². The number of rotatable bonds is 13. The molecule has 46 heavy (non-hydrogen) atoms. The smallest absolute Gasteiger partial charge is 0.418 e. The molecule has 0 saturated carbocycles. The van der Waals surface area contributed by atoms with Crippen molar-refractivity contribution in [2.45, 2.75) is 50.4 Å². The average Bonchev–Trinajstić information content (AvgIpc) is 3.42. The summed E-state index contributed by atoms with van der Waals surface area (Å²) in [5.41, 5.74) is 4.06. The molecule has 0 aliphatic carbocycles. The molecule has 21 heteroatoms. The zero-order chi connectivity index (χ0) is 33.6. The Morgan fingerprint density at radius 2 is 1.98 bits per heavy atom. The fourth-order valence-electron chi connectivity index (χ4n) is 4.42. The number of amides is 4. The molecule has 1 aromatic carbocycles. The maximum atomic E-state index is 13.2. The number of carboxylic acid groups (broad SMARTS) is 1. The summed E-state index contributed by atoms with van der Waals surface area (Å²) in [5.74, 6) is -3.29. The van der Waals surface area contributed by atoms with Crippen LogP contribution in [0.25, 0.3) is 0 Å². The number of piperidine rings is 1. The van der Waals surface area contributed by atoms with Crippen LogP contribution in [0.2, 0.25) is 0 Å². The first kappa shape index (κ1) is 34.3. The van der Waals surface area contributed by atoms with Crippen molar-refractivity contribution in [2.24, 2.45) is 5.16 Å². The van der Waals surface area contributed by atoms with Gasteiger partial charge in [0.05, 0.1) is 5.54 Å². The summed E-state index contributed by atoms with van der Waals surface area (Å²) < 4.78 is 40.9. The number of aliphatic carboxylic acids is 1. The molecular formula is C25H32N8O11S2. The lowest BCUT2D eigenvalue weighted by atomic mass is 9.84. The lowest BCUT2D eigenvalue weighted by molar-refractivity contribution is -0.218. The van der Waals surface area contributed by atoms with Gasteiger partial charge in [-0.2, -0.15) is 13.5 Å².